The molecule has 40 heavy (non-hydrogen) atoms. The minimum atomic E-state index is 0.219. The van der Waals surface area contributed by atoms with E-state index in [0.717, 1.165) is 64.2 Å². The number of nitrogens with one attached hydrogen (secondary N) is 1. The molecule has 0 saturated heterocycles. The van der Waals surface area contributed by atoms with Crippen molar-refractivity contribution in [3.05, 3.63) is 0 Å². The van der Waals surface area contributed by atoms with Crippen LogP contribution in [0.4, 0.5) is 0 Å². The summed E-state index contributed by atoms with van der Waals surface area (Å²) in [6, 6.07) is 1.93. The first-order valence-corrected chi connectivity index (χ1v) is 15.5. The molecule has 0 spiro atoms. The number of aliphatic imine (C=N–C) groups is 1. The van der Waals surface area contributed by atoms with E-state index in [2.05, 4.69) is 57.0 Å². The molecule has 1 aliphatic heterocycles. The molecule has 0 radical (unpaired) electrons. The van der Waals surface area contributed by atoms with E-state index in [1.54, 1.807) is 4.90 Å². The number of aliphatic hydroxyl groups excluding tert-OH is 1. The van der Waals surface area contributed by atoms with E-state index in [1.807, 2.05) is 34.0 Å². The fourth-order valence-corrected chi connectivity index (χ4v) is 2.43. The molecule has 242 valence electrons. The maximum atomic E-state index is 10.9. The first-order valence-electron chi connectivity index (χ1n) is 15.5. The highest BCUT2D eigenvalue weighted by Gasteiger charge is 2.03. The first-order chi connectivity index (χ1) is 19.2. The number of nitrogens with two attached hydrogens (primary N) is 1. The predicted octanol–water partition coefficient (Wildman–Crippen LogP) is 5.47. The lowest BCUT2D eigenvalue weighted by Crippen LogP contribution is -2.26. The summed E-state index contributed by atoms with van der Waals surface area (Å²) in [6.45, 7) is 18.2. The topological polar surface area (TPSA) is 127 Å². The van der Waals surface area contributed by atoms with Gasteiger partial charge in [-0.2, -0.15) is 5.26 Å². The monoisotopic (exact) mass is 575 g/mol. The molecule has 9 nitrogen and oxygen atoms in total. The predicted molar refractivity (Wildman–Crippen MR) is 175 cm³/mol. The fourth-order valence-electron chi connectivity index (χ4n) is 2.43. The van der Waals surface area contributed by atoms with Gasteiger partial charge < -0.3 is 30.7 Å². The van der Waals surface area contributed by atoms with Crippen molar-refractivity contribution in [3.8, 4) is 6.07 Å². The van der Waals surface area contributed by atoms with Crippen molar-refractivity contribution in [3.63, 3.8) is 0 Å². The normalized spacial score (nSPS) is 10.9. The third kappa shape index (κ3) is 56.5. The average Bonchev–Trinajstić information content (AvgIpc) is 2.99. The Balaban J connectivity index is -0.000000126. The Hall–Kier alpha value is -1.73. The minimum absolute atomic E-state index is 0.219. The molecule has 0 aromatic carbocycles. The van der Waals surface area contributed by atoms with Gasteiger partial charge in [-0.3, -0.25) is 9.79 Å². The van der Waals surface area contributed by atoms with Crippen molar-refractivity contribution in [1.29, 1.82) is 5.26 Å². The van der Waals surface area contributed by atoms with Crippen LogP contribution in [0.15, 0.2) is 4.99 Å². The summed E-state index contributed by atoms with van der Waals surface area (Å²) in [5.41, 5.74) is 4.98. The summed E-state index contributed by atoms with van der Waals surface area (Å²) < 4.78 is 5.18. The van der Waals surface area contributed by atoms with Crippen molar-refractivity contribution >= 4 is 11.8 Å². The highest BCUT2D eigenvalue weighted by molar-refractivity contribution is 5.76. The van der Waals surface area contributed by atoms with Crippen LogP contribution in [0.5, 0.6) is 0 Å². The molecular formula is C31H70N6O3. The van der Waals surface area contributed by atoms with E-state index in [1.165, 1.54) is 32.2 Å². The molecule has 0 aromatic rings. The van der Waals surface area contributed by atoms with E-state index >= 15 is 0 Å². The standard InChI is InChI=1S/C8H17NO.C6H11NO.C6H15N.C5H13N.C3H9NO.C3H5N/c1-4-6-7-9(3)8(10)5-2;1-2-6-7-4-3-5-8-6;1-4-5-6-7(2)3;1-3-4-5-6-2;4-2-1-3-5;1-2-3-4/h4-7H2,1-3H3;2-5H2,1H3;4-6H2,1-3H3;6H,3-5H2,1-2H3;5H,1-4H2;2H2,1H3. The molecule has 0 fully saturated rings. The lowest BCUT2D eigenvalue weighted by atomic mass is 10.3. The highest BCUT2D eigenvalue weighted by Crippen LogP contribution is 1.98. The quantitative estimate of drug-likeness (QED) is 0.249. The van der Waals surface area contributed by atoms with Gasteiger partial charge in [-0.1, -0.05) is 60.8 Å². The van der Waals surface area contributed by atoms with Crippen LogP contribution in [0.1, 0.15) is 112 Å². The number of nitriles is 1. The van der Waals surface area contributed by atoms with Crippen molar-refractivity contribution in [2.75, 3.05) is 74.1 Å². The summed E-state index contributed by atoms with van der Waals surface area (Å²) in [5.74, 6) is 1.17. The Kier molecular flexibility index (Phi) is 56.5. The molecule has 9 heteroatoms. The number of carbonyl (C=O) groups excluding carboxylic acids is 1. The maximum Gasteiger partial charge on any atom is 0.222 e. The molecule has 1 aliphatic rings. The molecule has 0 aromatic heterocycles. The number of rotatable bonds is 13. The fraction of sp³-hybridized carbons (Fsp3) is 0.903. The zero-order valence-corrected chi connectivity index (χ0v) is 28.4. The van der Waals surface area contributed by atoms with Gasteiger partial charge in [-0.05, 0) is 66.5 Å². The number of ether oxygens (including phenoxy) is 1. The Bertz CT molecular complexity index is 520. The number of amides is 1. The van der Waals surface area contributed by atoms with Gasteiger partial charge >= 0.3 is 0 Å². The van der Waals surface area contributed by atoms with Gasteiger partial charge in [-0.15, -0.1) is 0 Å². The van der Waals surface area contributed by atoms with E-state index in [0.29, 0.717) is 19.4 Å². The number of hydrogen-bond acceptors (Lipinski definition) is 8. The van der Waals surface area contributed by atoms with Crippen LogP contribution in [0.2, 0.25) is 0 Å². The zero-order chi connectivity index (χ0) is 31.9. The lowest BCUT2D eigenvalue weighted by Gasteiger charge is -2.14. The maximum absolute atomic E-state index is 10.9. The van der Waals surface area contributed by atoms with Crippen molar-refractivity contribution in [2.45, 2.75) is 112 Å². The van der Waals surface area contributed by atoms with E-state index in [9.17, 15) is 4.79 Å². The molecular weight excluding hydrogens is 504 g/mol. The number of hydrogen-bond donors (Lipinski definition) is 3. The van der Waals surface area contributed by atoms with E-state index < -0.39 is 0 Å². The molecule has 0 atom stereocenters. The number of nitrogens with zero attached hydrogens (tertiary/aromatic N) is 4. The Morgan fingerprint density at radius 2 is 1.57 bits per heavy atom. The summed E-state index contributed by atoms with van der Waals surface area (Å²) >= 11 is 0. The van der Waals surface area contributed by atoms with Crippen molar-refractivity contribution in [2.24, 2.45) is 10.7 Å². The van der Waals surface area contributed by atoms with Crippen LogP contribution in [0.25, 0.3) is 0 Å². The molecule has 1 amide bonds. The third-order valence-electron chi connectivity index (χ3n) is 5.00. The van der Waals surface area contributed by atoms with Crippen LogP contribution < -0.4 is 11.1 Å². The number of carbonyl (C=O) groups is 1. The van der Waals surface area contributed by atoms with Gasteiger partial charge in [0.1, 0.15) is 0 Å². The van der Waals surface area contributed by atoms with Gasteiger partial charge in [0, 0.05) is 52.4 Å². The summed E-state index contributed by atoms with van der Waals surface area (Å²) in [4.78, 5) is 19.1. The average molecular weight is 575 g/mol. The second-order valence-electron chi connectivity index (χ2n) is 9.34. The molecule has 0 saturated carbocycles. The molecule has 1 rings (SSSR count). The SMILES string of the molecule is CCC#N.CCC1=NCCCO1.CCCCN(C)C.CCCCN(C)C(=O)CC.CCCCNC.NCCCO. The Morgan fingerprint density at radius 3 is 1.80 bits per heavy atom. The second kappa shape index (κ2) is 47.1. The molecule has 1 heterocycles. The Morgan fingerprint density at radius 1 is 1.02 bits per heavy atom. The smallest absolute Gasteiger partial charge is 0.222 e. The van der Waals surface area contributed by atoms with Crippen LogP contribution in [0, 0.1) is 11.3 Å². The van der Waals surface area contributed by atoms with Gasteiger partial charge in [0.25, 0.3) is 0 Å². The minimum Gasteiger partial charge on any atom is -0.481 e. The number of unbranched alkanes of at least 4 members (excludes halogenated alkanes) is 3. The first kappa shape index (κ1) is 48.0. The summed E-state index contributed by atoms with van der Waals surface area (Å²) in [5, 5.41) is 18.7. The molecule has 0 unspecified atom stereocenters. The van der Waals surface area contributed by atoms with E-state index in [4.69, 9.17) is 20.8 Å². The van der Waals surface area contributed by atoms with Crippen molar-refractivity contribution < 1.29 is 14.6 Å². The van der Waals surface area contributed by atoms with Gasteiger partial charge in [0.05, 0.1) is 12.7 Å². The zero-order valence-electron chi connectivity index (χ0n) is 28.4. The Labute approximate surface area is 249 Å². The van der Waals surface area contributed by atoms with E-state index in [-0.39, 0.29) is 12.5 Å². The van der Waals surface area contributed by atoms with Crippen LogP contribution in [0.3, 0.4) is 0 Å². The molecule has 0 aliphatic carbocycles. The molecule has 4 N–H and O–H groups in total. The van der Waals surface area contributed by atoms with Gasteiger partial charge in [0.15, 0.2) is 5.90 Å². The van der Waals surface area contributed by atoms with Gasteiger partial charge in [0.2, 0.25) is 5.91 Å². The van der Waals surface area contributed by atoms with Crippen molar-refractivity contribution in [1.82, 2.24) is 15.1 Å². The van der Waals surface area contributed by atoms with Crippen LogP contribution >= 0.6 is 0 Å². The molecule has 0 bridgehead atoms. The highest BCUT2D eigenvalue weighted by atomic mass is 16.5. The number of aliphatic hydroxyl groups is 1. The summed E-state index contributed by atoms with van der Waals surface area (Å²) in [6.07, 6.45) is 11.5. The third-order valence-corrected chi connectivity index (χ3v) is 5.00. The van der Waals surface area contributed by atoms with Gasteiger partial charge in [-0.25, -0.2) is 0 Å². The van der Waals surface area contributed by atoms with Crippen LogP contribution in [-0.2, 0) is 9.53 Å². The summed E-state index contributed by atoms with van der Waals surface area (Å²) in [7, 11) is 8.06. The second-order valence-corrected chi connectivity index (χ2v) is 9.34. The lowest BCUT2D eigenvalue weighted by molar-refractivity contribution is -0.129. The largest absolute Gasteiger partial charge is 0.481 e. The van der Waals surface area contributed by atoms with Crippen LogP contribution in [-0.4, -0.2) is 101 Å².